The van der Waals surface area contributed by atoms with Crippen LogP contribution in [0.3, 0.4) is 0 Å². The third kappa shape index (κ3) is 2.75. The maximum Gasteiger partial charge on any atom is 0.261 e. The van der Waals surface area contributed by atoms with Crippen LogP contribution in [0.2, 0.25) is 0 Å². The molecule has 0 aliphatic rings. The van der Waals surface area contributed by atoms with Crippen LogP contribution in [0.4, 0.5) is 0 Å². The molecule has 0 saturated carbocycles. The number of para-hydroxylation sites is 1. The number of likely N-dealkylation sites (N-methyl/N-ethyl adjacent to an activating group) is 1. The quantitative estimate of drug-likeness (QED) is 0.711. The molecule has 0 aliphatic carbocycles. The number of nitrogens with zero attached hydrogens (tertiary/aromatic N) is 2. The Morgan fingerprint density at radius 1 is 1.27 bits per heavy atom. The van der Waals surface area contributed by atoms with E-state index in [0.29, 0.717) is 6.54 Å². The van der Waals surface area contributed by atoms with Crippen LogP contribution in [-0.2, 0) is 0 Å². The Hall–Kier alpha value is -2.18. The Balaban J connectivity index is 1.95. The molecule has 0 atom stereocenters. The molecule has 0 fully saturated rings. The van der Waals surface area contributed by atoms with Gasteiger partial charge in [-0.3, -0.25) is 4.79 Å². The predicted molar refractivity (Wildman–Crippen MR) is 89.9 cm³/mol. The molecule has 3 rings (SSSR count). The number of aromatic nitrogens is 2. The van der Waals surface area contributed by atoms with Gasteiger partial charge in [0.2, 0.25) is 0 Å². The molecule has 3 aromatic rings. The van der Waals surface area contributed by atoms with Gasteiger partial charge in [0.05, 0.1) is 16.3 Å². The normalized spacial score (nSPS) is 11.0. The Bertz CT molecular complexity index is 791. The summed E-state index contributed by atoms with van der Waals surface area (Å²) in [4.78, 5) is 13.9. The highest BCUT2D eigenvalue weighted by Gasteiger charge is 2.16. The minimum absolute atomic E-state index is 0.0320. The highest BCUT2D eigenvalue weighted by atomic mass is 32.1. The number of hydrogen-bond acceptors (Lipinski definition) is 4. The lowest BCUT2D eigenvalue weighted by atomic mass is 10.3. The van der Waals surface area contributed by atoms with Crippen LogP contribution in [0.1, 0.15) is 15.4 Å². The average Bonchev–Trinajstić information content (AvgIpc) is 3.09. The van der Waals surface area contributed by atoms with Crippen LogP contribution < -0.4 is 10.6 Å². The number of thiophene rings is 1. The van der Waals surface area contributed by atoms with Crippen LogP contribution in [0.25, 0.3) is 15.9 Å². The standard InChI is InChI=1S/C16H18N4OS/c1-11-13-10-14(15(21)18-9-8-17-2)22-16(13)20(19-11)12-6-4-3-5-7-12/h3-7,10,17H,8-9H2,1-2H3,(H,18,21). The van der Waals surface area contributed by atoms with Gasteiger partial charge < -0.3 is 10.6 Å². The Morgan fingerprint density at radius 2 is 2.05 bits per heavy atom. The topological polar surface area (TPSA) is 58.9 Å². The van der Waals surface area contributed by atoms with Gasteiger partial charge in [-0.15, -0.1) is 11.3 Å². The van der Waals surface area contributed by atoms with Crippen LogP contribution in [0, 0.1) is 6.92 Å². The second kappa shape index (κ2) is 6.29. The molecule has 0 aliphatic heterocycles. The summed E-state index contributed by atoms with van der Waals surface area (Å²) in [5, 5.41) is 11.5. The van der Waals surface area contributed by atoms with E-state index in [0.717, 1.165) is 33.0 Å². The summed E-state index contributed by atoms with van der Waals surface area (Å²) in [5.74, 6) is -0.0320. The van der Waals surface area contributed by atoms with E-state index in [4.69, 9.17) is 0 Å². The van der Waals surface area contributed by atoms with Crippen molar-refractivity contribution in [2.75, 3.05) is 20.1 Å². The predicted octanol–water partition coefficient (Wildman–Crippen LogP) is 2.34. The number of amides is 1. The minimum Gasteiger partial charge on any atom is -0.350 e. The number of aryl methyl sites for hydroxylation is 1. The van der Waals surface area contributed by atoms with Crippen molar-refractivity contribution < 1.29 is 4.79 Å². The number of rotatable bonds is 5. The molecule has 0 spiro atoms. The molecule has 0 bridgehead atoms. The second-order valence-electron chi connectivity index (χ2n) is 5.02. The molecule has 5 nitrogen and oxygen atoms in total. The molecular weight excluding hydrogens is 296 g/mol. The molecule has 0 radical (unpaired) electrons. The zero-order chi connectivity index (χ0) is 15.5. The molecule has 6 heteroatoms. The van der Waals surface area contributed by atoms with Gasteiger partial charge in [0.1, 0.15) is 4.83 Å². The monoisotopic (exact) mass is 314 g/mol. The van der Waals surface area contributed by atoms with Crippen molar-refractivity contribution in [1.82, 2.24) is 20.4 Å². The van der Waals surface area contributed by atoms with E-state index < -0.39 is 0 Å². The summed E-state index contributed by atoms with van der Waals surface area (Å²) < 4.78 is 1.90. The molecule has 1 amide bonds. The molecule has 2 aromatic heterocycles. The lowest BCUT2D eigenvalue weighted by molar-refractivity contribution is 0.0958. The molecule has 1 aromatic carbocycles. The summed E-state index contributed by atoms with van der Waals surface area (Å²) >= 11 is 1.47. The third-order valence-corrected chi connectivity index (χ3v) is 4.54. The van der Waals surface area contributed by atoms with Crippen LogP contribution in [0.15, 0.2) is 36.4 Å². The highest BCUT2D eigenvalue weighted by molar-refractivity contribution is 7.20. The summed E-state index contributed by atoms with van der Waals surface area (Å²) in [6, 6.07) is 11.9. The molecule has 114 valence electrons. The fraction of sp³-hybridized carbons (Fsp3) is 0.250. The SMILES string of the molecule is CNCCNC(=O)c1cc2c(C)nn(-c3ccccc3)c2s1. The smallest absolute Gasteiger partial charge is 0.261 e. The van der Waals surface area contributed by atoms with E-state index in [1.165, 1.54) is 11.3 Å². The van der Waals surface area contributed by atoms with Gasteiger partial charge in [-0.25, -0.2) is 4.68 Å². The number of hydrogen-bond donors (Lipinski definition) is 2. The summed E-state index contributed by atoms with van der Waals surface area (Å²) in [6.45, 7) is 3.35. The third-order valence-electron chi connectivity index (χ3n) is 3.43. The van der Waals surface area contributed by atoms with E-state index in [1.807, 2.05) is 55.1 Å². The van der Waals surface area contributed by atoms with Crippen molar-refractivity contribution in [1.29, 1.82) is 0 Å². The Labute approximate surface area is 133 Å². The van der Waals surface area contributed by atoms with Gasteiger partial charge in [-0.05, 0) is 32.2 Å². The van der Waals surface area contributed by atoms with E-state index >= 15 is 0 Å². The Kier molecular flexibility index (Phi) is 4.22. The Morgan fingerprint density at radius 3 is 2.77 bits per heavy atom. The highest BCUT2D eigenvalue weighted by Crippen LogP contribution is 2.30. The number of nitrogens with one attached hydrogen (secondary N) is 2. The minimum atomic E-state index is -0.0320. The van der Waals surface area contributed by atoms with Crippen molar-refractivity contribution in [2.45, 2.75) is 6.92 Å². The summed E-state index contributed by atoms with van der Waals surface area (Å²) in [5.41, 5.74) is 1.94. The van der Waals surface area contributed by atoms with Gasteiger partial charge >= 0.3 is 0 Å². The summed E-state index contributed by atoms with van der Waals surface area (Å²) in [6.07, 6.45) is 0. The van der Waals surface area contributed by atoms with Crippen LogP contribution in [0.5, 0.6) is 0 Å². The van der Waals surface area contributed by atoms with Crippen molar-refractivity contribution in [3.8, 4) is 5.69 Å². The zero-order valence-corrected chi connectivity index (χ0v) is 13.4. The first-order valence-corrected chi connectivity index (χ1v) is 7.99. The molecule has 2 N–H and O–H groups in total. The molecule has 0 saturated heterocycles. The van der Waals surface area contributed by atoms with Crippen molar-refractivity contribution in [2.24, 2.45) is 0 Å². The number of carbonyl (C=O) groups excluding carboxylic acids is 1. The van der Waals surface area contributed by atoms with E-state index in [-0.39, 0.29) is 5.91 Å². The molecular formula is C16H18N4OS. The number of carbonyl (C=O) groups is 1. The fourth-order valence-corrected chi connectivity index (χ4v) is 3.39. The fourth-order valence-electron chi connectivity index (χ4n) is 2.29. The van der Waals surface area contributed by atoms with Gasteiger partial charge in [-0.1, -0.05) is 18.2 Å². The van der Waals surface area contributed by atoms with Gasteiger partial charge in [0, 0.05) is 18.5 Å². The molecule has 2 heterocycles. The van der Waals surface area contributed by atoms with Crippen molar-refractivity contribution >= 4 is 27.5 Å². The van der Waals surface area contributed by atoms with Gasteiger partial charge in [0.25, 0.3) is 5.91 Å². The van der Waals surface area contributed by atoms with E-state index in [9.17, 15) is 4.79 Å². The first-order chi connectivity index (χ1) is 10.7. The van der Waals surface area contributed by atoms with Crippen molar-refractivity contribution in [3.63, 3.8) is 0 Å². The zero-order valence-electron chi connectivity index (χ0n) is 12.6. The van der Waals surface area contributed by atoms with Crippen molar-refractivity contribution in [3.05, 3.63) is 47.0 Å². The lowest BCUT2D eigenvalue weighted by Gasteiger charge is -2.03. The van der Waals surface area contributed by atoms with Gasteiger partial charge in [-0.2, -0.15) is 5.10 Å². The van der Waals surface area contributed by atoms with E-state index in [2.05, 4.69) is 15.7 Å². The first kappa shape index (κ1) is 14.7. The first-order valence-electron chi connectivity index (χ1n) is 7.18. The van der Waals surface area contributed by atoms with Crippen LogP contribution >= 0.6 is 11.3 Å². The number of benzene rings is 1. The van der Waals surface area contributed by atoms with E-state index in [1.54, 1.807) is 0 Å². The van der Waals surface area contributed by atoms with Gasteiger partial charge in [0.15, 0.2) is 0 Å². The summed E-state index contributed by atoms with van der Waals surface area (Å²) in [7, 11) is 1.86. The largest absolute Gasteiger partial charge is 0.350 e. The second-order valence-corrected chi connectivity index (χ2v) is 6.05. The number of fused-ring (bicyclic) bond motifs is 1. The van der Waals surface area contributed by atoms with Crippen LogP contribution in [-0.4, -0.2) is 35.8 Å². The average molecular weight is 314 g/mol. The maximum absolute atomic E-state index is 12.2. The molecule has 0 unspecified atom stereocenters. The molecule has 22 heavy (non-hydrogen) atoms. The lowest BCUT2D eigenvalue weighted by Crippen LogP contribution is -2.29. The maximum atomic E-state index is 12.2.